The van der Waals surface area contributed by atoms with Gasteiger partial charge in [0.25, 0.3) is 0 Å². The lowest BCUT2D eigenvalue weighted by Crippen LogP contribution is -2.35. The van der Waals surface area contributed by atoms with Crippen molar-refractivity contribution in [2.24, 2.45) is 10.4 Å². The van der Waals surface area contributed by atoms with Gasteiger partial charge in [0.2, 0.25) is 0 Å². The van der Waals surface area contributed by atoms with Gasteiger partial charge in [-0.05, 0) is 17.1 Å². The molecule has 100 valence electrons. The second kappa shape index (κ2) is 4.49. The number of hydrogen-bond acceptors (Lipinski definition) is 3. The molecule has 19 heavy (non-hydrogen) atoms. The minimum atomic E-state index is 0.245. The van der Waals surface area contributed by atoms with E-state index in [4.69, 9.17) is 0 Å². The van der Waals surface area contributed by atoms with Crippen LogP contribution in [0.4, 0.5) is 5.69 Å². The van der Waals surface area contributed by atoms with Crippen LogP contribution in [0.2, 0.25) is 0 Å². The molecule has 0 aromatic heterocycles. The molecule has 1 aromatic carbocycles. The molecule has 0 spiro atoms. The summed E-state index contributed by atoms with van der Waals surface area (Å²) in [4.78, 5) is 4.67. The highest BCUT2D eigenvalue weighted by Gasteiger charge is 2.29. The van der Waals surface area contributed by atoms with Gasteiger partial charge in [-0.2, -0.15) is 0 Å². The van der Waals surface area contributed by atoms with Gasteiger partial charge in [0, 0.05) is 23.8 Å². The summed E-state index contributed by atoms with van der Waals surface area (Å²) in [5, 5.41) is 6.90. The van der Waals surface area contributed by atoms with Gasteiger partial charge >= 0.3 is 0 Å². The van der Waals surface area contributed by atoms with Gasteiger partial charge in [-0.15, -0.1) is 0 Å². The van der Waals surface area contributed by atoms with E-state index in [2.05, 4.69) is 66.7 Å². The quantitative estimate of drug-likeness (QED) is 0.809. The maximum Gasteiger partial charge on any atom is 0.108 e. The second-order valence-electron chi connectivity index (χ2n) is 6.30. The Morgan fingerprint density at radius 2 is 2.00 bits per heavy atom. The minimum Gasteiger partial charge on any atom is -0.366 e. The van der Waals surface area contributed by atoms with Crippen molar-refractivity contribution >= 4 is 11.4 Å². The van der Waals surface area contributed by atoms with Gasteiger partial charge in [0.1, 0.15) is 6.67 Å². The largest absolute Gasteiger partial charge is 0.366 e. The number of aliphatic imine (C=N–C) groups is 1. The van der Waals surface area contributed by atoms with Crippen molar-refractivity contribution in [3.05, 3.63) is 41.5 Å². The molecule has 1 unspecified atom stereocenters. The van der Waals surface area contributed by atoms with E-state index in [0.29, 0.717) is 12.7 Å². The molecule has 3 rings (SSSR count). The van der Waals surface area contributed by atoms with Crippen molar-refractivity contribution in [2.45, 2.75) is 26.8 Å². The predicted molar refractivity (Wildman–Crippen MR) is 80.8 cm³/mol. The van der Waals surface area contributed by atoms with Gasteiger partial charge in [0.15, 0.2) is 0 Å². The van der Waals surface area contributed by atoms with Crippen molar-refractivity contribution in [1.29, 1.82) is 0 Å². The first kappa shape index (κ1) is 12.4. The fraction of sp³-hybridized carbons (Fsp3) is 0.438. The molecular formula is C16H21N3. The van der Waals surface area contributed by atoms with Crippen LogP contribution in [0.5, 0.6) is 0 Å². The van der Waals surface area contributed by atoms with Gasteiger partial charge in [-0.25, -0.2) is 0 Å². The van der Waals surface area contributed by atoms with Crippen molar-refractivity contribution in [3.63, 3.8) is 0 Å². The highest BCUT2D eigenvalue weighted by Crippen LogP contribution is 2.28. The van der Waals surface area contributed by atoms with E-state index >= 15 is 0 Å². The SMILES string of the molecule is CC(C)(C)C1C=C(C2=NCNc3ccccc32)CN1. The summed E-state index contributed by atoms with van der Waals surface area (Å²) in [6, 6.07) is 8.83. The number of hydrogen-bond donors (Lipinski definition) is 2. The van der Waals surface area contributed by atoms with Crippen LogP contribution in [0.3, 0.4) is 0 Å². The van der Waals surface area contributed by atoms with Crippen LogP contribution in [-0.2, 0) is 0 Å². The minimum absolute atomic E-state index is 0.245. The first-order valence-electron chi connectivity index (χ1n) is 6.88. The van der Waals surface area contributed by atoms with Crippen LogP contribution in [0.25, 0.3) is 0 Å². The summed E-state index contributed by atoms with van der Waals surface area (Å²) in [6.45, 7) is 8.38. The molecular weight excluding hydrogens is 234 g/mol. The van der Waals surface area contributed by atoms with E-state index in [1.807, 2.05) is 0 Å². The molecule has 0 fully saturated rings. The molecule has 0 aliphatic carbocycles. The number of benzene rings is 1. The Balaban J connectivity index is 1.94. The molecule has 0 saturated heterocycles. The fourth-order valence-electron chi connectivity index (χ4n) is 2.67. The van der Waals surface area contributed by atoms with E-state index in [9.17, 15) is 0 Å². The van der Waals surface area contributed by atoms with Crippen LogP contribution < -0.4 is 10.6 Å². The second-order valence-corrected chi connectivity index (χ2v) is 6.30. The number of nitrogens with one attached hydrogen (secondary N) is 2. The zero-order valence-electron chi connectivity index (χ0n) is 11.8. The number of para-hydroxylation sites is 1. The first-order chi connectivity index (χ1) is 9.05. The molecule has 1 aromatic rings. The first-order valence-corrected chi connectivity index (χ1v) is 6.88. The van der Waals surface area contributed by atoms with Crippen molar-refractivity contribution in [2.75, 3.05) is 18.5 Å². The summed E-state index contributed by atoms with van der Waals surface area (Å²) in [5.41, 5.74) is 5.13. The van der Waals surface area contributed by atoms with Crippen LogP contribution in [0, 0.1) is 5.41 Å². The standard InChI is InChI=1S/C16H21N3/c1-16(2,3)14-8-11(9-17-14)15-12-6-4-5-7-13(12)18-10-19-15/h4-8,14,17-18H,9-10H2,1-3H3. The lowest BCUT2D eigenvalue weighted by Gasteiger charge is -2.25. The number of fused-ring (bicyclic) bond motifs is 1. The monoisotopic (exact) mass is 255 g/mol. The van der Waals surface area contributed by atoms with Crippen molar-refractivity contribution in [1.82, 2.24) is 5.32 Å². The number of rotatable bonds is 1. The fourth-order valence-corrected chi connectivity index (χ4v) is 2.67. The molecule has 0 saturated carbocycles. The summed E-state index contributed by atoms with van der Waals surface area (Å²) in [7, 11) is 0. The maximum atomic E-state index is 4.67. The maximum absolute atomic E-state index is 4.67. The van der Waals surface area contributed by atoms with Gasteiger partial charge in [0.05, 0.1) is 5.71 Å². The summed E-state index contributed by atoms with van der Waals surface area (Å²) >= 11 is 0. The summed E-state index contributed by atoms with van der Waals surface area (Å²) in [5.74, 6) is 0. The predicted octanol–water partition coefficient (Wildman–Crippen LogP) is 2.80. The smallest absolute Gasteiger partial charge is 0.108 e. The van der Waals surface area contributed by atoms with E-state index in [-0.39, 0.29) is 5.41 Å². The van der Waals surface area contributed by atoms with Crippen molar-refractivity contribution < 1.29 is 0 Å². The Morgan fingerprint density at radius 1 is 1.21 bits per heavy atom. The average Bonchev–Trinajstić information content (AvgIpc) is 2.87. The van der Waals surface area contributed by atoms with E-state index < -0.39 is 0 Å². The molecule has 2 aliphatic rings. The average molecular weight is 255 g/mol. The lowest BCUT2D eigenvalue weighted by molar-refractivity contribution is 0.332. The highest BCUT2D eigenvalue weighted by molar-refractivity contribution is 6.17. The van der Waals surface area contributed by atoms with Crippen molar-refractivity contribution in [3.8, 4) is 0 Å². The van der Waals surface area contributed by atoms with Gasteiger partial charge in [-0.3, -0.25) is 4.99 Å². The Kier molecular flexibility index (Phi) is 2.94. The molecule has 0 radical (unpaired) electrons. The summed E-state index contributed by atoms with van der Waals surface area (Å²) < 4.78 is 0. The normalized spacial score (nSPS) is 22.4. The van der Waals surface area contributed by atoms with Crippen LogP contribution in [0.15, 0.2) is 40.9 Å². The zero-order chi connectivity index (χ0) is 13.5. The van der Waals surface area contributed by atoms with Crippen LogP contribution in [0.1, 0.15) is 26.3 Å². The molecule has 0 bridgehead atoms. The lowest BCUT2D eigenvalue weighted by atomic mass is 9.87. The van der Waals surface area contributed by atoms with Gasteiger partial charge < -0.3 is 10.6 Å². The van der Waals surface area contributed by atoms with E-state index in [0.717, 1.165) is 12.3 Å². The topological polar surface area (TPSA) is 36.4 Å². The Hall–Kier alpha value is -1.61. The Labute approximate surface area is 114 Å². The molecule has 2 N–H and O–H groups in total. The zero-order valence-corrected chi connectivity index (χ0v) is 11.8. The number of anilines is 1. The third-order valence-corrected chi connectivity index (χ3v) is 3.81. The number of nitrogens with zero attached hydrogens (tertiary/aromatic N) is 1. The molecule has 2 heterocycles. The van der Waals surface area contributed by atoms with E-state index in [1.54, 1.807) is 0 Å². The van der Waals surface area contributed by atoms with Gasteiger partial charge in [-0.1, -0.05) is 45.0 Å². The molecule has 1 atom stereocenters. The Bertz CT molecular complexity index is 549. The summed E-state index contributed by atoms with van der Waals surface area (Å²) in [6.07, 6.45) is 2.35. The third-order valence-electron chi connectivity index (χ3n) is 3.81. The molecule has 3 nitrogen and oxygen atoms in total. The molecule has 0 amide bonds. The molecule has 2 aliphatic heterocycles. The van der Waals surface area contributed by atoms with Crippen LogP contribution in [-0.4, -0.2) is 25.0 Å². The van der Waals surface area contributed by atoms with Crippen LogP contribution >= 0.6 is 0 Å². The third kappa shape index (κ3) is 2.30. The highest BCUT2D eigenvalue weighted by atomic mass is 15.0. The molecule has 3 heteroatoms. The Morgan fingerprint density at radius 3 is 2.74 bits per heavy atom. The van der Waals surface area contributed by atoms with E-state index in [1.165, 1.54) is 16.8 Å².